The predicted molar refractivity (Wildman–Crippen MR) is 110 cm³/mol. The zero-order chi connectivity index (χ0) is 18.8. The number of anilines is 1. The van der Waals surface area contributed by atoms with Crippen molar-refractivity contribution in [2.24, 2.45) is 0 Å². The molecule has 1 amide bonds. The van der Waals surface area contributed by atoms with Gasteiger partial charge in [0.2, 0.25) is 5.13 Å². The molecule has 1 saturated heterocycles. The van der Waals surface area contributed by atoms with Crippen molar-refractivity contribution in [1.82, 2.24) is 15.1 Å². The summed E-state index contributed by atoms with van der Waals surface area (Å²) in [6.07, 6.45) is 6.41. The Balaban J connectivity index is 1.37. The first-order valence-electron chi connectivity index (χ1n) is 9.44. The molecular formula is C19H22Cl2N4OS. The van der Waals surface area contributed by atoms with Crippen molar-refractivity contribution in [3.8, 4) is 0 Å². The molecule has 0 bridgehead atoms. The third-order valence-electron chi connectivity index (χ3n) is 5.38. The van der Waals surface area contributed by atoms with Crippen molar-refractivity contribution >= 4 is 45.6 Å². The van der Waals surface area contributed by atoms with E-state index in [1.54, 1.807) is 29.5 Å². The fraction of sp³-hybridized carbons (Fsp3) is 0.526. The number of halogens is 2. The highest BCUT2D eigenvalue weighted by molar-refractivity contribution is 7.15. The maximum atomic E-state index is 12.7. The van der Waals surface area contributed by atoms with Crippen LogP contribution in [-0.2, 0) is 0 Å². The third-order valence-corrected chi connectivity index (χ3v) is 7.08. The van der Waals surface area contributed by atoms with Crippen molar-refractivity contribution < 1.29 is 4.79 Å². The van der Waals surface area contributed by atoms with E-state index in [1.165, 1.54) is 37.1 Å². The molecule has 2 fully saturated rings. The summed E-state index contributed by atoms with van der Waals surface area (Å²) >= 11 is 13.8. The van der Waals surface area contributed by atoms with Gasteiger partial charge in [-0.25, -0.2) is 0 Å². The van der Waals surface area contributed by atoms with Crippen molar-refractivity contribution in [2.75, 3.05) is 31.1 Å². The molecule has 0 spiro atoms. The Kier molecular flexibility index (Phi) is 5.85. The molecule has 0 N–H and O–H groups in total. The Hall–Kier alpha value is -1.37. The minimum absolute atomic E-state index is 0.0449. The van der Waals surface area contributed by atoms with Gasteiger partial charge >= 0.3 is 0 Å². The predicted octanol–water partition coefficient (Wildman–Crippen LogP) is 4.86. The second kappa shape index (κ2) is 8.33. The summed E-state index contributed by atoms with van der Waals surface area (Å²) in [6.45, 7) is 2.82. The van der Waals surface area contributed by atoms with Crippen LogP contribution in [0.15, 0.2) is 18.2 Å². The summed E-state index contributed by atoms with van der Waals surface area (Å²) in [4.78, 5) is 16.8. The topological polar surface area (TPSA) is 49.3 Å². The molecule has 8 heteroatoms. The van der Waals surface area contributed by atoms with Gasteiger partial charge in [-0.15, -0.1) is 10.2 Å². The first kappa shape index (κ1) is 19.0. The summed E-state index contributed by atoms with van der Waals surface area (Å²) in [5.74, 6) is 0.538. The summed E-state index contributed by atoms with van der Waals surface area (Å²) in [6, 6.07) is 5.01. The van der Waals surface area contributed by atoms with Crippen LogP contribution in [0.2, 0.25) is 10.0 Å². The van der Waals surface area contributed by atoms with Gasteiger partial charge in [0.1, 0.15) is 5.01 Å². The molecule has 1 aromatic heterocycles. The lowest BCUT2D eigenvalue weighted by molar-refractivity contribution is 0.0747. The number of amides is 1. The first-order valence-corrected chi connectivity index (χ1v) is 11.0. The van der Waals surface area contributed by atoms with Crippen LogP contribution < -0.4 is 4.90 Å². The van der Waals surface area contributed by atoms with Gasteiger partial charge in [-0.3, -0.25) is 4.79 Å². The van der Waals surface area contributed by atoms with Crippen molar-refractivity contribution in [3.63, 3.8) is 0 Å². The smallest absolute Gasteiger partial charge is 0.255 e. The second-order valence-corrected chi connectivity index (χ2v) is 8.99. The largest absolute Gasteiger partial charge is 0.343 e. The number of carbonyl (C=O) groups excluding carboxylic acids is 1. The molecule has 1 saturated carbocycles. The van der Waals surface area contributed by atoms with Gasteiger partial charge in [0.05, 0.1) is 10.6 Å². The maximum absolute atomic E-state index is 12.7. The molecule has 0 atom stereocenters. The van der Waals surface area contributed by atoms with Crippen LogP contribution in [0.5, 0.6) is 0 Å². The highest BCUT2D eigenvalue weighted by Crippen LogP contribution is 2.36. The number of nitrogens with zero attached hydrogens (tertiary/aromatic N) is 4. The van der Waals surface area contributed by atoms with Gasteiger partial charge < -0.3 is 9.80 Å². The van der Waals surface area contributed by atoms with E-state index in [0.717, 1.165) is 18.2 Å². The summed E-state index contributed by atoms with van der Waals surface area (Å²) < 4.78 is 0. The van der Waals surface area contributed by atoms with Crippen LogP contribution in [-0.4, -0.2) is 47.2 Å². The lowest BCUT2D eigenvalue weighted by Crippen LogP contribution is -2.48. The average molecular weight is 425 g/mol. The Morgan fingerprint density at radius 3 is 2.48 bits per heavy atom. The fourth-order valence-corrected chi connectivity index (χ4v) is 5.36. The van der Waals surface area contributed by atoms with Crippen LogP contribution in [0.1, 0.15) is 53.4 Å². The zero-order valence-electron chi connectivity index (χ0n) is 15.0. The highest BCUT2D eigenvalue weighted by Gasteiger charge is 2.26. The van der Waals surface area contributed by atoms with Crippen LogP contribution >= 0.6 is 34.5 Å². The standard InChI is InChI=1S/C19H22Cl2N4OS/c20-14-6-7-15(16(21)12-14)18(26)24-8-10-25(11-9-24)19-23-22-17(27-19)13-4-2-1-3-5-13/h6-7,12-13H,1-5,8-11H2. The van der Waals surface area contributed by atoms with Gasteiger partial charge in [0.15, 0.2) is 0 Å². The normalized spacial score (nSPS) is 18.7. The minimum atomic E-state index is -0.0449. The number of benzene rings is 1. The molecule has 4 rings (SSSR count). The van der Waals surface area contributed by atoms with Crippen LogP contribution in [0.4, 0.5) is 5.13 Å². The van der Waals surface area contributed by atoms with E-state index in [0.29, 0.717) is 34.6 Å². The first-order chi connectivity index (χ1) is 13.1. The van der Waals surface area contributed by atoms with E-state index in [-0.39, 0.29) is 5.91 Å². The number of aromatic nitrogens is 2. The summed E-state index contributed by atoms with van der Waals surface area (Å²) in [5, 5.41) is 12.0. The number of hydrogen-bond acceptors (Lipinski definition) is 5. The van der Waals surface area contributed by atoms with Gasteiger partial charge in [0.25, 0.3) is 5.91 Å². The molecule has 2 aliphatic rings. The van der Waals surface area contributed by atoms with E-state index in [4.69, 9.17) is 23.2 Å². The molecule has 1 aromatic carbocycles. The average Bonchev–Trinajstić information content (AvgIpc) is 3.19. The van der Waals surface area contributed by atoms with E-state index in [9.17, 15) is 4.79 Å². The van der Waals surface area contributed by atoms with E-state index in [2.05, 4.69) is 15.1 Å². The number of piperazine rings is 1. The SMILES string of the molecule is O=C(c1ccc(Cl)cc1Cl)N1CCN(c2nnc(C3CCCCC3)s2)CC1. The fourth-order valence-electron chi connectivity index (χ4n) is 3.80. The minimum Gasteiger partial charge on any atom is -0.343 e. The molecule has 27 heavy (non-hydrogen) atoms. The summed E-state index contributed by atoms with van der Waals surface area (Å²) in [7, 11) is 0. The number of hydrogen-bond donors (Lipinski definition) is 0. The molecule has 144 valence electrons. The molecular weight excluding hydrogens is 403 g/mol. The van der Waals surface area contributed by atoms with Crippen molar-refractivity contribution in [1.29, 1.82) is 0 Å². The lowest BCUT2D eigenvalue weighted by Gasteiger charge is -2.34. The number of carbonyl (C=O) groups is 1. The highest BCUT2D eigenvalue weighted by atomic mass is 35.5. The third kappa shape index (κ3) is 4.23. The second-order valence-electron chi connectivity index (χ2n) is 7.16. The van der Waals surface area contributed by atoms with Gasteiger partial charge in [-0.1, -0.05) is 53.8 Å². The molecule has 2 heterocycles. The molecule has 1 aliphatic carbocycles. The molecule has 2 aromatic rings. The number of rotatable bonds is 3. The molecule has 0 unspecified atom stereocenters. The van der Waals surface area contributed by atoms with E-state index < -0.39 is 0 Å². The van der Waals surface area contributed by atoms with Crippen molar-refractivity contribution in [2.45, 2.75) is 38.0 Å². The maximum Gasteiger partial charge on any atom is 0.255 e. The molecule has 5 nitrogen and oxygen atoms in total. The molecule has 1 aliphatic heterocycles. The Morgan fingerprint density at radius 1 is 1.04 bits per heavy atom. The monoisotopic (exact) mass is 424 g/mol. The zero-order valence-corrected chi connectivity index (χ0v) is 17.4. The van der Waals surface area contributed by atoms with Gasteiger partial charge in [-0.2, -0.15) is 0 Å². The Labute approximate surface area is 173 Å². The van der Waals surface area contributed by atoms with Gasteiger partial charge in [-0.05, 0) is 31.0 Å². The van der Waals surface area contributed by atoms with E-state index >= 15 is 0 Å². The quantitative estimate of drug-likeness (QED) is 0.705. The van der Waals surface area contributed by atoms with E-state index in [1.807, 2.05) is 4.90 Å². The summed E-state index contributed by atoms with van der Waals surface area (Å²) in [5.41, 5.74) is 0.505. The van der Waals surface area contributed by atoms with Crippen LogP contribution in [0, 0.1) is 0 Å². The van der Waals surface area contributed by atoms with Crippen LogP contribution in [0.25, 0.3) is 0 Å². The lowest BCUT2D eigenvalue weighted by atomic mass is 9.90. The van der Waals surface area contributed by atoms with Gasteiger partial charge in [0, 0.05) is 37.1 Å². The Morgan fingerprint density at radius 2 is 1.78 bits per heavy atom. The van der Waals surface area contributed by atoms with Crippen LogP contribution in [0.3, 0.4) is 0 Å². The van der Waals surface area contributed by atoms with Crippen molar-refractivity contribution in [3.05, 3.63) is 38.8 Å². The molecule has 0 radical (unpaired) electrons. The Bertz CT molecular complexity index is 814.